The molecule has 4 rings (SSSR count). The molecule has 0 aromatic carbocycles. The number of morpholine rings is 1. The van der Waals surface area contributed by atoms with E-state index in [-0.39, 0.29) is 36.5 Å². The average molecular weight is 482 g/mol. The van der Waals surface area contributed by atoms with Crippen molar-refractivity contribution in [1.82, 2.24) is 30.4 Å². The number of carboxylic acid groups (broad SMARTS) is 1. The zero-order valence-corrected chi connectivity index (χ0v) is 19.1. The van der Waals surface area contributed by atoms with Gasteiger partial charge in [0, 0.05) is 25.7 Å². The van der Waals surface area contributed by atoms with E-state index in [1.54, 1.807) is 6.07 Å². The molecule has 13 heteroatoms. The Balaban J connectivity index is 1.48. The molecule has 2 aliphatic rings. The minimum Gasteiger partial charge on any atom is -0.465 e. The van der Waals surface area contributed by atoms with Crippen LogP contribution in [0.15, 0.2) is 18.5 Å². The van der Waals surface area contributed by atoms with Gasteiger partial charge in [0.05, 0.1) is 37.3 Å². The molecule has 184 valence electrons. The number of nitriles is 1. The summed E-state index contributed by atoms with van der Waals surface area (Å²) in [7, 11) is 0. The van der Waals surface area contributed by atoms with E-state index >= 15 is 0 Å². The number of carbonyl (C=O) groups is 2. The predicted octanol–water partition coefficient (Wildman–Crippen LogP) is 1.59. The van der Waals surface area contributed by atoms with Gasteiger partial charge < -0.3 is 30.7 Å². The van der Waals surface area contributed by atoms with E-state index in [9.17, 15) is 14.7 Å². The quantitative estimate of drug-likeness (QED) is 0.430. The Morgan fingerprint density at radius 3 is 2.71 bits per heavy atom. The van der Waals surface area contributed by atoms with Crippen LogP contribution in [0.4, 0.5) is 22.1 Å². The lowest BCUT2D eigenvalue weighted by molar-refractivity contribution is -0.0147. The molecule has 0 spiro atoms. The molecule has 1 aliphatic heterocycles. The van der Waals surface area contributed by atoms with Crippen LogP contribution in [0.2, 0.25) is 0 Å². The standard InChI is InChI=1S/C22H27N9O4/c23-8-15-10-26-19(12-24-15)28-18-7-17(25-11-16-13-31(22(33)34)5-6-35-16)20(30-29-18)21(32)27-9-14-3-1-2-4-14/h7,10,12,14,16H,1-6,9,11,13H2,(H,27,32)(H,33,34)(H2,25,26,28,29). The molecule has 4 N–H and O–H groups in total. The van der Waals surface area contributed by atoms with Crippen LogP contribution in [-0.2, 0) is 4.74 Å². The van der Waals surface area contributed by atoms with Gasteiger partial charge in [0.25, 0.3) is 5.91 Å². The zero-order chi connectivity index (χ0) is 24.6. The maximum Gasteiger partial charge on any atom is 0.407 e. The van der Waals surface area contributed by atoms with Gasteiger partial charge in [0.1, 0.15) is 11.9 Å². The zero-order valence-electron chi connectivity index (χ0n) is 19.1. The molecule has 35 heavy (non-hydrogen) atoms. The molecular weight excluding hydrogens is 454 g/mol. The lowest BCUT2D eigenvalue weighted by Gasteiger charge is -2.31. The highest BCUT2D eigenvalue weighted by molar-refractivity contribution is 5.97. The molecule has 2 amide bonds. The fourth-order valence-corrected chi connectivity index (χ4v) is 4.11. The third kappa shape index (κ3) is 6.51. The van der Waals surface area contributed by atoms with Crippen LogP contribution in [0, 0.1) is 17.2 Å². The second-order valence-corrected chi connectivity index (χ2v) is 8.48. The van der Waals surface area contributed by atoms with Gasteiger partial charge in [-0.1, -0.05) is 12.8 Å². The summed E-state index contributed by atoms with van der Waals surface area (Å²) in [6.07, 6.45) is 5.91. The summed E-state index contributed by atoms with van der Waals surface area (Å²) >= 11 is 0. The van der Waals surface area contributed by atoms with Crippen molar-refractivity contribution >= 4 is 29.3 Å². The Morgan fingerprint density at radius 1 is 1.17 bits per heavy atom. The fourth-order valence-electron chi connectivity index (χ4n) is 4.11. The molecule has 2 aromatic heterocycles. The van der Waals surface area contributed by atoms with Gasteiger partial charge in [-0.25, -0.2) is 14.8 Å². The average Bonchev–Trinajstić information content (AvgIpc) is 3.40. The second kappa shape index (κ2) is 11.4. The van der Waals surface area contributed by atoms with Gasteiger partial charge in [-0.15, -0.1) is 10.2 Å². The number of aromatic nitrogens is 4. The van der Waals surface area contributed by atoms with E-state index in [0.717, 1.165) is 12.8 Å². The monoisotopic (exact) mass is 481 g/mol. The lowest BCUT2D eigenvalue weighted by atomic mass is 10.1. The van der Waals surface area contributed by atoms with Crippen LogP contribution in [-0.4, -0.2) is 81.1 Å². The summed E-state index contributed by atoms with van der Waals surface area (Å²) in [5.74, 6) is 0.802. The molecule has 1 unspecified atom stereocenters. The van der Waals surface area contributed by atoms with Gasteiger partial charge in [-0.3, -0.25) is 4.79 Å². The first-order valence-corrected chi connectivity index (χ1v) is 11.5. The maximum atomic E-state index is 12.9. The van der Waals surface area contributed by atoms with Gasteiger partial charge in [0.15, 0.2) is 17.2 Å². The van der Waals surface area contributed by atoms with Crippen LogP contribution in [0.3, 0.4) is 0 Å². The number of carbonyl (C=O) groups excluding carboxylic acids is 1. The number of rotatable bonds is 8. The Kier molecular flexibility index (Phi) is 7.84. The molecule has 1 aliphatic carbocycles. The highest BCUT2D eigenvalue weighted by Gasteiger charge is 2.25. The van der Waals surface area contributed by atoms with E-state index in [4.69, 9.17) is 10.00 Å². The van der Waals surface area contributed by atoms with Crippen molar-refractivity contribution in [2.45, 2.75) is 31.8 Å². The van der Waals surface area contributed by atoms with Crippen molar-refractivity contribution in [3.63, 3.8) is 0 Å². The molecule has 13 nitrogen and oxygen atoms in total. The first kappa shape index (κ1) is 24.1. The van der Waals surface area contributed by atoms with E-state index in [1.165, 1.54) is 30.1 Å². The molecule has 0 bridgehead atoms. The molecule has 0 radical (unpaired) electrons. The Labute approximate surface area is 201 Å². The van der Waals surface area contributed by atoms with Gasteiger partial charge in [-0.05, 0) is 18.8 Å². The molecule has 3 heterocycles. The number of nitrogens with one attached hydrogen (secondary N) is 3. The first-order valence-electron chi connectivity index (χ1n) is 11.5. The van der Waals surface area contributed by atoms with Crippen molar-refractivity contribution in [2.75, 3.05) is 43.4 Å². The SMILES string of the molecule is N#Cc1cnc(Nc2cc(NCC3CN(C(=O)O)CCO3)c(C(=O)NCC3CCCC3)nn2)cn1. The van der Waals surface area contributed by atoms with Gasteiger partial charge in [-0.2, -0.15) is 5.26 Å². The normalized spacial score (nSPS) is 18.0. The summed E-state index contributed by atoms with van der Waals surface area (Å²) < 4.78 is 5.68. The molecule has 1 atom stereocenters. The van der Waals surface area contributed by atoms with Crippen molar-refractivity contribution in [1.29, 1.82) is 5.26 Å². The largest absolute Gasteiger partial charge is 0.465 e. The minimum absolute atomic E-state index is 0.130. The van der Waals surface area contributed by atoms with Crippen LogP contribution in [0.1, 0.15) is 41.9 Å². The van der Waals surface area contributed by atoms with Crippen molar-refractivity contribution in [2.24, 2.45) is 5.92 Å². The summed E-state index contributed by atoms with van der Waals surface area (Å²) in [6.45, 7) is 1.69. The smallest absolute Gasteiger partial charge is 0.407 e. The van der Waals surface area contributed by atoms with Gasteiger partial charge >= 0.3 is 6.09 Å². The Bertz CT molecular complexity index is 1080. The molecule has 2 aromatic rings. The summed E-state index contributed by atoms with van der Waals surface area (Å²) in [5, 5.41) is 35.4. The lowest BCUT2D eigenvalue weighted by Crippen LogP contribution is -2.47. The Morgan fingerprint density at radius 2 is 2.00 bits per heavy atom. The maximum absolute atomic E-state index is 12.9. The van der Waals surface area contributed by atoms with E-state index < -0.39 is 6.09 Å². The highest BCUT2D eigenvalue weighted by Crippen LogP contribution is 2.24. The topological polar surface area (TPSA) is 178 Å². The number of hydrogen-bond donors (Lipinski definition) is 4. The third-order valence-corrected chi connectivity index (χ3v) is 5.99. The first-order chi connectivity index (χ1) is 17.0. The highest BCUT2D eigenvalue weighted by atomic mass is 16.5. The van der Waals surface area contributed by atoms with Crippen molar-refractivity contribution in [3.8, 4) is 6.07 Å². The summed E-state index contributed by atoms with van der Waals surface area (Å²) in [6, 6.07) is 3.52. The Hall–Kier alpha value is -4.05. The number of ether oxygens (including phenoxy) is 1. The van der Waals surface area contributed by atoms with Crippen LogP contribution < -0.4 is 16.0 Å². The van der Waals surface area contributed by atoms with E-state index in [0.29, 0.717) is 42.9 Å². The van der Waals surface area contributed by atoms with E-state index in [1.807, 2.05) is 6.07 Å². The van der Waals surface area contributed by atoms with Crippen LogP contribution >= 0.6 is 0 Å². The number of hydrogen-bond acceptors (Lipinski definition) is 10. The fraction of sp³-hybridized carbons (Fsp3) is 0.500. The predicted molar refractivity (Wildman–Crippen MR) is 124 cm³/mol. The van der Waals surface area contributed by atoms with Crippen molar-refractivity contribution in [3.05, 3.63) is 29.8 Å². The molecular formula is C22H27N9O4. The van der Waals surface area contributed by atoms with Crippen LogP contribution in [0.5, 0.6) is 0 Å². The van der Waals surface area contributed by atoms with Gasteiger partial charge in [0.2, 0.25) is 0 Å². The summed E-state index contributed by atoms with van der Waals surface area (Å²) in [5.41, 5.74) is 0.732. The van der Waals surface area contributed by atoms with E-state index in [2.05, 4.69) is 36.1 Å². The van der Waals surface area contributed by atoms with Crippen molar-refractivity contribution < 1.29 is 19.4 Å². The molecule has 1 saturated heterocycles. The molecule has 2 fully saturated rings. The molecule has 1 saturated carbocycles. The third-order valence-electron chi connectivity index (χ3n) is 5.99. The minimum atomic E-state index is -0.995. The van der Waals surface area contributed by atoms with Crippen LogP contribution in [0.25, 0.3) is 0 Å². The number of amides is 2. The second-order valence-electron chi connectivity index (χ2n) is 8.48. The number of anilines is 3. The summed E-state index contributed by atoms with van der Waals surface area (Å²) in [4.78, 5) is 33.6. The number of nitrogens with zero attached hydrogens (tertiary/aromatic N) is 6.